The minimum Gasteiger partial charge on any atom is -0.481 e. The summed E-state index contributed by atoms with van der Waals surface area (Å²) in [6.07, 6.45) is 0.852. The number of aromatic nitrogens is 2. The number of benzene rings is 1. The Bertz CT molecular complexity index is 1010. The first-order valence-electron chi connectivity index (χ1n) is 9.75. The molecule has 1 amide bonds. The van der Waals surface area contributed by atoms with Crippen LogP contribution in [0.1, 0.15) is 25.8 Å². The summed E-state index contributed by atoms with van der Waals surface area (Å²) in [7, 11) is 0. The van der Waals surface area contributed by atoms with Gasteiger partial charge in [-0.1, -0.05) is 18.2 Å². The van der Waals surface area contributed by atoms with Gasteiger partial charge in [0, 0.05) is 30.1 Å². The first-order chi connectivity index (χ1) is 14.1. The van der Waals surface area contributed by atoms with Crippen LogP contribution in [-0.2, 0) is 4.79 Å². The van der Waals surface area contributed by atoms with E-state index in [0.717, 1.165) is 11.3 Å². The standard InChI is InChI=1S/C22H23N3O3S/c1-16(28-19-5-3-2-4-6-19)22(27)24-12-9-18(10-13-24)25-21(26)8-7-20(23-25)17-11-14-29-15-17/h2-8,11,14-16,18H,9-10,12-13H2,1H3/t16-/m1/s1. The average Bonchev–Trinajstić information content (AvgIpc) is 3.29. The van der Waals surface area contributed by atoms with Crippen molar-refractivity contribution < 1.29 is 9.53 Å². The Kier molecular flexibility index (Phi) is 5.76. The molecule has 3 aromatic rings. The lowest BCUT2D eigenvalue weighted by atomic mass is 10.0. The Morgan fingerprint density at radius 2 is 1.90 bits per heavy atom. The van der Waals surface area contributed by atoms with Gasteiger partial charge in [-0.2, -0.15) is 16.4 Å². The van der Waals surface area contributed by atoms with Crippen LogP contribution in [-0.4, -0.2) is 39.8 Å². The molecule has 1 saturated heterocycles. The van der Waals surface area contributed by atoms with Gasteiger partial charge >= 0.3 is 0 Å². The van der Waals surface area contributed by atoms with Crippen LogP contribution in [0.4, 0.5) is 0 Å². The van der Waals surface area contributed by atoms with Crippen LogP contribution < -0.4 is 10.3 Å². The highest BCUT2D eigenvalue weighted by molar-refractivity contribution is 7.08. The monoisotopic (exact) mass is 409 g/mol. The normalized spacial score (nSPS) is 15.8. The summed E-state index contributed by atoms with van der Waals surface area (Å²) in [6.45, 7) is 2.95. The van der Waals surface area contributed by atoms with Crippen molar-refractivity contribution in [2.75, 3.05) is 13.1 Å². The number of hydrogen-bond donors (Lipinski definition) is 0. The fourth-order valence-electron chi connectivity index (χ4n) is 3.59. The zero-order chi connectivity index (χ0) is 20.2. The zero-order valence-corrected chi connectivity index (χ0v) is 17.0. The van der Waals surface area contributed by atoms with Crippen LogP contribution in [0.5, 0.6) is 5.75 Å². The summed E-state index contributed by atoms with van der Waals surface area (Å²) in [6, 6.07) is 14.7. The zero-order valence-electron chi connectivity index (χ0n) is 16.2. The third-order valence-corrected chi connectivity index (χ3v) is 5.85. The van der Waals surface area contributed by atoms with Crippen molar-refractivity contribution in [3.63, 3.8) is 0 Å². The van der Waals surface area contributed by atoms with E-state index in [1.807, 2.05) is 52.1 Å². The second kappa shape index (κ2) is 8.61. The van der Waals surface area contributed by atoms with Crippen molar-refractivity contribution >= 4 is 17.2 Å². The molecule has 0 unspecified atom stereocenters. The van der Waals surface area contributed by atoms with Gasteiger partial charge in [-0.15, -0.1) is 0 Å². The summed E-state index contributed by atoms with van der Waals surface area (Å²) in [5.41, 5.74) is 1.71. The van der Waals surface area contributed by atoms with E-state index in [9.17, 15) is 9.59 Å². The van der Waals surface area contributed by atoms with Crippen LogP contribution >= 0.6 is 11.3 Å². The van der Waals surface area contributed by atoms with Crippen LogP contribution in [0.15, 0.2) is 64.1 Å². The fraction of sp³-hybridized carbons (Fsp3) is 0.318. The first-order valence-corrected chi connectivity index (χ1v) is 10.7. The highest BCUT2D eigenvalue weighted by Gasteiger charge is 2.28. The Balaban J connectivity index is 1.40. The number of carbonyl (C=O) groups is 1. The highest BCUT2D eigenvalue weighted by Crippen LogP contribution is 2.24. The van der Waals surface area contributed by atoms with Crippen molar-refractivity contribution in [2.24, 2.45) is 0 Å². The van der Waals surface area contributed by atoms with E-state index in [0.29, 0.717) is 31.7 Å². The van der Waals surface area contributed by atoms with Crippen LogP contribution in [0, 0.1) is 0 Å². The van der Waals surface area contributed by atoms with Gasteiger partial charge in [-0.25, -0.2) is 4.68 Å². The lowest BCUT2D eigenvalue weighted by Crippen LogP contribution is -2.46. The third kappa shape index (κ3) is 4.40. The van der Waals surface area contributed by atoms with Crippen molar-refractivity contribution in [2.45, 2.75) is 31.9 Å². The van der Waals surface area contributed by atoms with E-state index >= 15 is 0 Å². The van der Waals surface area contributed by atoms with Gasteiger partial charge in [0.1, 0.15) is 5.75 Å². The number of piperidine rings is 1. The molecule has 1 atom stereocenters. The molecule has 29 heavy (non-hydrogen) atoms. The molecule has 6 nitrogen and oxygen atoms in total. The van der Waals surface area contributed by atoms with Gasteiger partial charge in [0.25, 0.3) is 11.5 Å². The minimum atomic E-state index is -0.545. The average molecular weight is 410 g/mol. The second-order valence-corrected chi connectivity index (χ2v) is 7.92. The molecular weight excluding hydrogens is 386 g/mol. The Labute approximate surface area is 173 Å². The number of rotatable bonds is 5. The van der Waals surface area contributed by atoms with Crippen molar-refractivity contribution in [1.29, 1.82) is 0 Å². The van der Waals surface area contributed by atoms with Crippen LogP contribution in [0.2, 0.25) is 0 Å². The molecule has 0 radical (unpaired) electrons. The Morgan fingerprint density at radius 3 is 2.59 bits per heavy atom. The van der Waals surface area contributed by atoms with Gasteiger partial charge in [0.2, 0.25) is 0 Å². The van der Waals surface area contributed by atoms with Crippen molar-refractivity contribution in [1.82, 2.24) is 14.7 Å². The van der Waals surface area contributed by atoms with E-state index in [1.165, 1.54) is 0 Å². The van der Waals surface area contributed by atoms with Crippen molar-refractivity contribution in [3.8, 4) is 17.0 Å². The maximum Gasteiger partial charge on any atom is 0.267 e. The maximum atomic E-state index is 12.7. The summed E-state index contributed by atoms with van der Waals surface area (Å²) < 4.78 is 7.34. The Hall–Kier alpha value is -2.93. The molecule has 0 saturated carbocycles. The number of likely N-dealkylation sites (tertiary alicyclic amines) is 1. The molecule has 1 aromatic carbocycles. The number of thiophene rings is 1. The molecule has 7 heteroatoms. The molecule has 1 aliphatic heterocycles. The molecule has 4 rings (SSSR count). The van der Waals surface area contributed by atoms with E-state index < -0.39 is 6.10 Å². The number of nitrogens with zero attached hydrogens (tertiary/aromatic N) is 3. The van der Waals surface area contributed by atoms with Crippen LogP contribution in [0.25, 0.3) is 11.3 Å². The molecule has 150 valence electrons. The predicted molar refractivity (Wildman–Crippen MR) is 113 cm³/mol. The van der Waals surface area contributed by atoms with Gasteiger partial charge in [0.05, 0.1) is 11.7 Å². The molecule has 1 fully saturated rings. The third-order valence-electron chi connectivity index (χ3n) is 5.17. The maximum absolute atomic E-state index is 12.7. The Morgan fingerprint density at radius 1 is 1.14 bits per heavy atom. The van der Waals surface area contributed by atoms with Gasteiger partial charge in [0.15, 0.2) is 6.10 Å². The fourth-order valence-corrected chi connectivity index (χ4v) is 4.24. The molecule has 3 heterocycles. The first kappa shape index (κ1) is 19.4. The molecular formula is C22H23N3O3S. The second-order valence-electron chi connectivity index (χ2n) is 7.14. The number of hydrogen-bond acceptors (Lipinski definition) is 5. The predicted octanol–water partition coefficient (Wildman–Crippen LogP) is 3.60. The number of para-hydroxylation sites is 1. The van der Waals surface area contributed by atoms with Gasteiger partial charge in [-0.3, -0.25) is 9.59 Å². The number of amides is 1. The number of carbonyl (C=O) groups excluding carboxylic acids is 1. The smallest absolute Gasteiger partial charge is 0.267 e. The number of ether oxygens (including phenoxy) is 1. The lowest BCUT2D eigenvalue weighted by Gasteiger charge is -2.33. The summed E-state index contributed by atoms with van der Waals surface area (Å²) in [5.74, 6) is 0.656. The molecule has 2 aromatic heterocycles. The van der Waals surface area contributed by atoms with Gasteiger partial charge < -0.3 is 9.64 Å². The van der Waals surface area contributed by atoms with E-state index in [2.05, 4.69) is 5.10 Å². The molecule has 0 aliphatic carbocycles. The molecule has 0 bridgehead atoms. The minimum absolute atomic E-state index is 0.00418. The highest BCUT2D eigenvalue weighted by atomic mass is 32.1. The lowest BCUT2D eigenvalue weighted by molar-refractivity contribution is -0.139. The van der Waals surface area contributed by atoms with Crippen LogP contribution in [0.3, 0.4) is 0 Å². The summed E-state index contributed by atoms with van der Waals surface area (Å²) >= 11 is 1.60. The molecule has 0 N–H and O–H groups in total. The summed E-state index contributed by atoms with van der Waals surface area (Å²) in [5, 5.41) is 8.60. The molecule has 0 spiro atoms. The van der Waals surface area contributed by atoms with E-state index in [-0.39, 0.29) is 17.5 Å². The topological polar surface area (TPSA) is 64.4 Å². The summed E-state index contributed by atoms with van der Waals surface area (Å²) in [4.78, 5) is 26.9. The van der Waals surface area contributed by atoms with Gasteiger partial charge in [-0.05, 0) is 49.4 Å². The van der Waals surface area contributed by atoms with Crippen molar-refractivity contribution in [3.05, 3.63) is 69.6 Å². The molecule has 1 aliphatic rings. The van der Waals surface area contributed by atoms with E-state index in [1.54, 1.807) is 35.1 Å². The largest absolute Gasteiger partial charge is 0.481 e. The SMILES string of the molecule is C[C@@H](Oc1ccccc1)C(=O)N1CCC(n2nc(-c3ccsc3)ccc2=O)CC1. The quantitative estimate of drug-likeness (QED) is 0.646. The van der Waals surface area contributed by atoms with E-state index in [4.69, 9.17) is 4.74 Å².